The van der Waals surface area contributed by atoms with Crippen LogP contribution in [0.4, 0.5) is 0 Å². The predicted molar refractivity (Wildman–Crippen MR) is 87.2 cm³/mol. The first kappa shape index (κ1) is 14.9. The first-order chi connectivity index (χ1) is 10.2. The molecule has 1 fully saturated rings. The maximum atomic E-state index is 6.20. The molecule has 0 aliphatic carbocycles. The quantitative estimate of drug-likeness (QED) is 0.904. The molecule has 0 radical (unpaired) electrons. The summed E-state index contributed by atoms with van der Waals surface area (Å²) in [5.41, 5.74) is 4.22. The van der Waals surface area contributed by atoms with Crippen LogP contribution in [0.25, 0.3) is 0 Å². The van der Waals surface area contributed by atoms with Crippen LogP contribution in [-0.2, 0) is 0 Å². The van der Waals surface area contributed by atoms with Crippen LogP contribution >= 0.6 is 0 Å². The summed E-state index contributed by atoms with van der Waals surface area (Å²) >= 11 is 0. The van der Waals surface area contributed by atoms with Crippen LogP contribution in [0.5, 0.6) is 5.75 Å². The minimum Gasteiger partial charge on any atom is -0.493 e. The predicted octanol–water partition coefficient (Wildman–Crippen LogP) is 3.24. The summed E-state index contributed by atoms with van der Waals surface area (Å²) in [6.45, 7) is 12.1. The van der Waals surface area contributed by atoms with Gasteiger partial charge in [-0.1, -0.05) is 26.0 Å². The Kier molecular flexibility index (Phi) is 4.51. The summed E-state index contributed by atoms with van der Waals surface area (Å²) in [4.78, 5) is 2.65. The third-order valence-electron chi connectivity index (χ3n) is 4.86. The van der Waals surface area contributed by atoms with Crippen molar-refractivity contribution in [3.05, 3.63) is 28.8 Å². The molecule has 1 aromatic carbocycles. The van der Waals surface area contributed by atoms with Crippen molar-refractivity contribution in [3.8, 4) is 5.75 Å². The average molecular weight is 288 g/mol. The van der Waals surface area contributed by atoms with Crippen molar-refractivity contribution in [1.29, 1.82) is 0 Å². The van der Waals surface area contributed by atoms with E-state index >= 15 is 0 Å². The van der Waals surface area contributed by atoms with Gasteiger partial charge in [-0.15, -0.1) is 0 Å². The van der Waals surface area contributed by atoms with Crippen molar-refractivity contribution >= 4 is 0 Å². The van der Waals surface area contributed by atoms with Crippen molar-refractivity contribution in [1.82, 2.24) is 10.2 Å². The highest BCUT2D eigenvalue weighted by atomic mass is 16.5. The van der Waals surface area contributed by atoms with Crippen molar-refractivity contribution in [2.45, 2.75) is 45.6 Å². The van der Waals surface area contributed by atoms with Crippen molar-refractivity contribution in [2.24, 2.45) is 0 Å². The zero-order valence-electron chi connectivity index (χ0n) is 13.6. The number of benzene rings is 1. The average Bonchev–Trinajstić information content (AvgIpc) is 2.71. The molecule has 1 unspecified atom stereocenters. The highest BCUT2D eigenvalue weighted by Crippen LogP contribution is 2.42. The van der Waals surface area contributed by atoms with Gasteiger partial charge in [0.05, 0.1) is 6.61 Å². The van der Waals surface area contributed by atoms with Gasteiger partial charge >= 0.3 is 0 Å². The number of aryl methyl sites for hydroxylation is 1. The molecule has 3 heteroatoms. The van der Waals surface area contributed by atoms with E-state index in [2.05, 4.69) is 43.1 Å². The fourth-order valence-electron chi connectivity index (χ4n) is 3.70. The highest BCUT2D eigenvalue weighted by molar-refractivity contribution is 5.49. The minimum absolute atomic E-state index is 0.515. The fraction of sp³-hybridized carbons (Fsp3) is 0.667. The number of hydrogen-bond donors (Lipinski definition) is 1. The summed E-state index contributed by atoms with van der Waals surface area (Å²) in [6.07, 6.45) is 2.37. The van der Waals surface area contributed by atoms with Crippen molar-refractivity contribution in [3.63, 3.8) is 0 Å². The standard InChI is InChI=1S/C18H28N2O/c1-13(2)15-7-6-14(3)17-16(5-4-12-21-18(15)17)20-10-8-19-9-11-20/h6-7,13,16,19H,4-5,8-12H2,1-3H3. The van der Waals surface area contributed by atoms with Crippen LogP contribution in [0.3, 0.4) is 0 Å². The fourth-order valence-corrected chi connectivity index (χ4v) is 3.70. The van der Waals surface area contributed by atoms with Gasteiger partial charge in [0.15, 0.2) is 0 Å². The Labute approximate surface area is 128 Å². The summed E-state index contributed by atoms with van der Waals surface area (Å²) in [6, 6.07) is 5.08. The van der Waals surface area contributed by atoms with Gasteiger partial charge in [0.1, 0.15) is 5.75 Å². The Morgan fingerprint density at radius 2 is 2.00 bits per heavy atom. The third-order valence-corrected chi connectivity index (χ3v) is 4.86. The number of piperazine rings is 1. The van der Waals surface area contributed by atoms with E-state index in [9.17, 15) is 0 Å². The number of ether oxygens (including phenoxy) is 1. The normalized spacial score (nSPS) is 23.5. The Hall–Kier alpha value is -1.06. The Bertz CT molecular complexity index is 492. The molecule has 0 bridgehead atoms. The topological polar surface area (TPSA) is 24.5 Å². The first-order valence-corrected chi connectivity index (χ1v) is 8.39. The minimum atomic E-state index is 0.515. The van der Waals surface area contributed by atoms with E-state index in [0.29, 0.717) is 12.0 Å². The van der Waals surface area contributed by atoms with E-state index in [4.69, 9.17) is 4.74 Å². The molecule has 1 aromatic rings. The Morgan fingerprint density at radius 1 is 1.24 bits per heavy atom. The zero-order chi connectivity index (χ0) is 14.8. The second kappa shape index (κ2) is 6.37. The third kappa shape index (κ3) is 2.95. The smallest absolute Gasteiger partial charge is 0.127 e. The Balaban J connectivity index is 2.03. The second-order valence-corrected chi connectivity index (χ2v) is 6.66. The molecular formula is C18H28N2O. The highest BCUT2D eigenvalue weighted by Gasteiger charge is 2.29. The summed E-state index contributed by atoms with van der Waals surface area (Å²) in [7, 11) is 0. The van der Waals surface area contributed by atoms with Crippen LogP contribution < -0.4 is 10.1 Å². The molecule has 3 rings (SSSR count). The monoisotopic (exact) mass is 288 g/mol. The summed E-state index contributed by atoms with van der Waals surface area (Å²) in [5.74, 6) is 1.70. The van der Waals surface area contributed by atoms with Crippen LogP contribution in [0.2, 0.25) is 0 Å². The van der Waals surface area contributed by atoms with Gasteiger partial charge in [0, 0.05) is 37.8 Å². The van der Waals surface area contributed by atoms with Gasteiger partial charge < -0.3 is 10.1 Å². The molecule has 1 N–H and O–H groups in total. The maximum Gasteiger partial charge on any atom is 0.127 e. The van der Waals surface area contributed by atoms with Gasteiger partial charge in [0.25, 0.3) is 0 Å². The molecular weight excluding hydrogens is 260 g/mol. The zero-order valence-corrected chi connectivity index (χ0v) is 13.6. The molecule has 0 saturated carbocycles. The van der Waals surface area contributed by atoms with E-state index in [0.717, 1.165) is 39.2 Å². The van der Waals surface area contributed by atoms with E-state index in [1.807, 2.05) is 0 Å². The van der Waals surface area contributed by atoms with Crippen molar-refractivity contribution in [2.75, 3.05) is 32.8 Å². The van der Waals surface area contributed by atoms with Gasteiger partial charge in [-0.2, -0.15) is 0 Å². The number of nitrogens with one attached hydrogen (secondary N) is 1. The van der Waals surface area contributed by atoms with Gasteiger partial charge in [-0.3, -0.25) is 4.90 Å². The SMILES string of the molecule is Cc1ccc(C(C)C)c2c1C(N1CCNCC1)CCCO2. The lowest BCUT2D eigenvalue weighted by Crippen LogP contribution is -2.45. The van der Waals surface area contributed by atoms with Crippen molar-refractivity contribution < 1.29 is 4.74 Å². The number of rotatable bonds is 2. The first-order valence-electron chi connectivity index (χ1n) is 8.39. The second-order valence-electron chi connectivity index (χ2n) is 6.66. The maximum absolute atomic E-state index is 6.20. The molecule has 0 spiro atoms. The molecule has 1 saturated heterocycles. The lowest BCUT2D eigenvalue weighted by molar-refractivity contribution is 0.165. The van der Waals surface area contributed by atoms with E-state index in [1.165, 1.54) is 28.9 Å². The van der Waals surface area contributed by atoms with Gasteiger partial charge in [-0.25, -0.2) is 0 Å². The molecule has 21 heavy (non-hydrogen) atoms. The van der Waals surface area contributed by atoms with E-state index < -0.39 is 0 Å². The molecule has 3 nitrogen and oxygen atoms in total. The van der Waals surface area contributed by atoms with Gasteiger partial charge in [-0.05, 0) is 36.8 Å². The molecule has 0 aromatic heterocycles. The summed E-state index contributed by atoms with van der Waals surface area (Å²) < 4.78 is 6.20. The molecule has 2 aliphatic rings. The molecule has 2 heterocycles. The van der Waals surface area contributed by atoms with Crippen LogP contribution in [0, 0.1) is 6.92 Å². The molecule has 116 valence electrons. The van der Waals surface area contributed by atoms with E-state index in [-0.39, 0.29) is 0 Å². The number of hydrogen-bond acceptors (Lipinski definition) is 3. The van der Waals surface area contributed by atoms with Crippen LogP contribution in [0.15, 0.2) is 12.1 Å². The largest absolute Gasteiger partial charge is 0.493 e. The van der Waals surface area contributed by atoms with Gasteiger partial charge in [0.2, 0.25) is 0 Å². The molecule has 2 aliphatic heterocycles. The lowest BCUT2D eigenvalue weighted by atomic mass is 9.90. The van der Waals surface area contributed by atoms with E-state index in [1.54, 1.807) is 0 Å². The van der Waals surface area contributed by atoms with Crippen LogP contribution in [-0.4, -0.2) is 37.7 Å². The molecule has 1 atom stereocenters. The lowest BCUT2D eigenvalue weighted by Gasteiger charge is -2.36. The Morgan fingerprint density at radius 3 is 2.71 bits per heavy atom. The summed E-state index contributed by atoms with van der Waals surface area (Å²) in [5, 5.41) is 3.46. The van der Waals surface area contributed by atoms with Crippen LogP contribution in [0.1, 0.15) is 55.3 Å². The number of fused-ring (bicyclic) bond motifs is 1. The molecule has 0 amide bonds. The number of nitrogens with zero attached hydrogens (tertiary/aromatic N) is 1.